The summed E-state index contributed by atoms with van der Waals surface area (Å²) in [4.78, 5) is 0. The molecule has 1 aliphatic rings. The molecule has 0 radical (unpaired) electrons. The predicted molar refractivity (Wildman–Crippen MR) is 55.7 cm³/mol. The first-order chi connectivity index (χ1) is 6.31. The lowest BCUT2D eigenvalue weighted by molar-refractivity contribution is 0.124. The molecule has 1 saturated carbocycles. The van der Waals surface area contributed by atoms with Gasteiger partial charge in [-0.3, -0.25) is 0 Å². The maximum Gasteiger partial charge on any atom is 0.0474 e. The van der Waals surface area contributed by atoms with Crippen molar-refractivity contribution < 1.29 is 5.11 Å². The number of aliphatic hydroxyl groups excluding tert-OH is 1. The van der Waals surface area contributed by atoms with Gasteiger partial charge < -0.3 is 10.4 Å². The van der Waals surface area contributed by atoms with Crippen LogP contribution in [-0.2, 0) is 0 Å². The Morgan fingerprint density at radius 1 is 1.38 bits per heavy atom. The molecule has 13 heavy (non-hydrogen) atoms. The fourth-order valence-corrected chi connectivity index (χ4v) is 2.61. The third kappa shape index (κ3) is 2.96. The fraction of sp³-hybridized carbons (Fsp3) is 1.00. The summed E-state index contributed by atoms with van der Waals surface area (Å²) in [6.07, 6.45) is 6.43. The summed E-state index contributed by atoms with van der Waals surface area (Å²) in [6, 6.07) is 0.554. The van der Waals surface area contributed by atoms with Crippen LogP contribution in [-0.4, -0.2) is 24.8 Å². The van der Waals surface area contributed by atoms with E-state index in [4.69, 9.17) is 0 Å². The average Bonchev–Trinajstić information content (AvgIpc) is 2.18. The molecule has 0 aromatic rings. The lowest BCUT2D eigenvalue weighted by Crippen LogP contribution is -2.40. The van der Waals surface area contributed by atoms with Crippen molar-refractivity contribution in [3.63, 3.8) is 0 Å². The number of hydrogen-bond acceptors (Lipinski definition) is 2. The van der Waals surface area contributed by atoms with Gasteiger partial charge in [-0.25, -0.2) is 0 Å². The molecule has 3 atom stereocenters. The molecule has 1 rings (SSSR count). The van der Waals surface area contributed by atoms with Crippen molar-refractivity contribution in [1.29, 1.82) is 0 Å². The van der Waals surface area contributed by atoms with Gasteiger partial charge in [-0.05, 0) is 38.1 Å². The second-order valence-electron chi connectivity index (χ2n) is 4.31. The molecule has 1 fully saturated rings. The Bertz CT molecular complexity index is 138. The molecule has 2 N–H and O–H groups in total. The minimum Gasteiger partial charge on any atom is -0.396 e. The van der Waals surface area contributed by atoms with Crippen molar-refractivity contribution in [2.24, 2.45) is 11.8 Å². The highest BCUT2D eigenvalue weighted by molar-refractivity contribution is 4.83. The van der Waals surface area contributed by atoms with Crippen molar-refractivity contribution in [1.82, 2.24) is 5.32 Å². The van der Waals surface area contributed by atoms with Gasteiger partial charge in [0.15, 0.2) is 0 Å². The second kappa shape index (κ2) is 5.61. The van der Waals surface area contributed by atoms with E-state index >= 15 is 0 Å². The number of rotatable bonds is 4. The van der Waals surface area contributed by atoms with Crippen molar-refractivity contribution in [2.75, 3.05) is 13.7 Å². The maximum atomic E-state index is 9.24. The van der Waals surface area contributed by atoms with Crippen LogP contribution < -0.4 is 5.32 Å². The summed E-state index contributed by atoms with van der Waals surface area (Å²) in [7, 11) is 2.01. The molecule has 1 aliphatic carbocycles. The molecule has 2 nitrogen and oxygen atoms in total. The van der Waals surface area contributed by atoms with E-state index in [-0.39, 0.29) is 0 Å². The largest absolute Gasteiger partial charge is 0.396 e. The molecule has 0 heterocycles. The van der Waals surface area contributed by atoms with Crippen LogP contribution >= 0.6 is 0 Å². The molecule has 0 spiro atoms. The highest BCUT2D eigenvalue weighted by atomic mass is 16.3. The highest BCUT2D eigenvalue weighted by Crippen LogP contribution is 2.31. The van der Waals surface area contributed by atoms with Gasteiger partial charge >= 0.3 is 0 Å². The monoisotopic (exact) mass is 185 g/mol. The topological polar surface area (TPSA) is 32.3 Å². The standard InChI is InChI=1S/C11H23NO/c1-3-4-9-5-6-11(12-2)10(7-9)8-13/h9-13H,3-8H2,1-2H3. The fourth-order valence-electron chi connectivity index (χ4n) is 2.61. The quantitative estimate of drug-likeness (QED) is 0.700. The molecule has 0 amide bonds. The van der Waals surface area contributed by atoms with Crippen LogP contribution in [0.5, 0.6) is 0 Å². The molecule has 0 aromatic carbocycles. The van der Waals surface area contributed by atoms with Crippen molar-refractivity contribution in [2.45, 2.75) is 45.1 Å². The highest BCUT2D eigenvalue weighted by Gasteiger charge is 2.28. The van der Waals surface area contributed by atoms with Crippen molar-refractivity contribution >= 4 is 0 Å². The van der Waals surface area contributed by atoms with Gasteiger partial charge in [-0.1, -0.05) is 19.8 Å². The van der Waals surface area contributed by atoms with Crippen LogP contribution in [0.1, 0.15) is 39.0 Å². The van der Waals surface area contributed by atoms with Crippen LogP contribution in [0.15, 0.2) is 0 Å². The van der Waals surface area contributed by atoms with Crippen molar-refractivity contribution in [3.8, 4) is 0 Å². The van der Waals surface area contributed by atoms with Crippen molar-refractivity contribution in [3.05, 3.63) is 0 Å². The molecular weight excluding hydrogens is 162 g/mol. The molecule has 2 heteroatoms. The summed E-state index contributed by atoms with van der Waals surface area (Å²) in [6.45, 7) is 2.60. The number of nitrogens with one attached hydrogen (secondary N) is 1. The smallest absolute Gasteiger partial charge is 0.0474 e. The second-order valence-corrected chi connectivity index (χ2v) is 4.31. The van der Waals surface area contributed by atoms with Gasteiger partial charge in [-0.15, -0.1) is 0 Å². The summed E-state index contributed by atoms with van der Waals surface area (Å²) in [5.41, 5.74) is 0. The van der Waals surface area contributed by atoms with Gasteiger partial charge in [0, 0.05) is 12.6 Å². The maximum absolute atomic E-state index is 9.24. The average molecular weight is 185 g/mol. The summed E-state index contributed by atoms with van der Waals surface area (Å²) in [5.74, 6) is 1.36. The minimum atomic E-state index is 0.353. The number of aliphatic hydroxyl groups is 1. The Labute approximate surface area is 81.7 Å². The summed E-state index contributed by atoms with van der Waals surface area (Å²) in [5, 5.41) is 12.5. The van der Waals surface area contributed by atoms with Crippen LogP contribution in [0, 0.1) is 11.8 Å². The molecule has 3 unspecified atom stereocenters. The summed E-state index contributed by atoms with van der Waals surface area (Å²) < 4.78 is 0. The zero-order valence-corrected chi connectivity index (χ0v) is 8.92. The van der Waals surface area contributed by atoms with E-state index < -0.39 is 0 Å². The van der Waals surface area contributed by atoms with Gasteiger partial charge in [-0.2, -0.15) is 0 Å². The normalized spacial score (nSPS) is 34.8. The summed E-state index contributed by atoms with van der Waals surface area (Å²) >= 11 is 0. The van der Waals surface area contributed by atoms with E-state index in [2.05, 4.69) is 12.2 Å². The van der Waals surface area contributed by atoms with E-state index in [0.29, 0.717) is 18.6 Å². The Morgan fingerprint density at radius 3 is 2.69 bits per heavy atom. The van der Waals surface area contributed by atoms with E-state index in [1.807, 2.05) is 7.05 Å². The van der Waals surface area contributed by atoms with E-state index in [0.717, 1.165) is 5.92 Å². The van der Waals surface area contributed by atoms with Crippen LogP contribution in [0.4, 0.5) is 0 Å². The van der Waals surface area contributed by atoms with Crippen LogP contribution in [0.25, 0.3) is 0 Å². The number of hydrogen-bond donors (Lipinski definition) is 2. The minimum absolute atomic E-state index is 0.353. The lowest BCUT2D eigenvalue weighted by Gasteiger charge is -2.35. The van der Waals surface area contributed by atoms with E-state index in [1.54, 1.807) is 0 Å². The first-order valence-corrected chi connectivity index (χ1v) is 5.59. The first-order valence-electron chi connectivity index (χ1n) is 5.59. The molecule has 0 aliphatic heterocycles. The van der Waals surface area contributed by atoms with Gasteiger partial charge in [0.2, 0.25) is 0 Å². The predicted octanol–water partition coefficient (Wildman–Crippen LogP) is 1.78. The third-order valence-corrected chi connectivity index (χ3v) is 3.39. The van der Waals surface area contributed by atoms with E-state index in [9.17, 15) is 5.11 Å². The van der Waals surface area contributed by atoms with Crippen LogP contribution in [0.2, 0.25) is 0 Å². The lowest BCUT2D eigenvalue weighted by atomic mass is 9.77. The SMILES string of the molecule is CCCC1CCC(NC)C(CO)C1. The van der Waals surface area contributed by atoms with Gasteiger partial charge in [0.05, 0.1) is 0 Å². The Kier molecular flexibility index (Phi) is 4.74. The van der Waals surface area contributed by atoms with Crippen LogP contribution in [0.3, 0.4) is 0 Å². The van der Waals surface area contributed by atoms with Gasteiger partial charge in [0.25, 0.3) is 0 Å². The molecule has 0 saturated heterocycles. The molecule has 78 valence electrons. The first kappa shape index (κ1) is 11.0. The zero-order chi connectivity index (χ0) is 9.68. The Balaban J connectivity index is 2.38. The molecule has 0 aromatic heterocycles. The molecular formula is C11H23NO. The Morgan fingerprint density at radius 2 is 2.15 bits per heavy atom. The van der Waals surface area contributed by atoms with E-state index in [1.165, 1.54) is 32.1 Å². The third-order valence-electron chi connectivity index (χ3n) is 3.39. The van der Waals surface area contributed by atoms with Gasteiger partial charge in [0.1, 0.15) is 0 Å². The zero-order valence-electron chi connectivity index (χ0n) is 8.92. The molecule has 0 bridgehead atoms. The Hall–Kier alpha value is -0.0800.